The van der Waals surface area contributed by atoms with Gasteiger partial charge in [-0.05, 0) is 24.6 Å². The van der Waals surface area contributed by atoms with Crippen LogP contribution in [0.4, 0.5) is 5.82 Å². The second-order valence-corrected chi connectivity index (χ2v) is 4.22. The Morgan fingerprint density at radius 2 is 2.22 bits per heavy atom. The summed E-state index contributed by atoms with van der Waals surface area (Å²) in [4.78, 5) is 4.59. The number of pyridine rings is 1. The first-order valence-corrected chi connectivity index (χ1v) is 5.85. The Morgan fingerprint density at radius 1 is 1.39 bits per heavy atom. The van der Waals surface area contributed by atoms with Gasteiger partial charge in [-0.25, -0.2) is 0 Å². The van der Waals surface area contributed by atoms with Crippen molar-refractivity contribution < 1.29 is 0 Å². The second-order valence-electron chi connectivity index (χ2n) is 3.78. The number of aromatic nitrogens is 3. The van der Waals surface area contributed by atoms with Crippen LogP contribution in [0.2, 0.25) is 0 Å². The van der Waals surface area contributed by atoms with Crippen LogP contribution >= 0.6 is 12.2 Å². The number of hydrogen-bond acceptors (Lipinski definition) is 5. The van der Waals surface area contributed by atoms with Crippen LogP contribution < -0.4 is 11.1 Å². The fourth-order valence-corrected chi connectivity index (χ4v) is 1.70. The number of aryl methyl sites for hydroxylation is 1. The minimum absolute atomic E-state index is 0.296. The highest BCUT2D eigenvalue weighted by Gasteiger charge is 2.07. The summed E-state index contributed by atoms with van der Waals surface area (Å²) in [5, 5.41) is 11.0. The molecule has 92 valence electrons. The first kappa shape index (κ1) is 12.4. The molecule has 0 aliphatic rings. The van der Waals surface area contributed by atoms with Crippen LogP contribution in [0, 0.1) is 6.92 Å². The van der Waals surface area contributed by atoms with Gasteiger partial charge in [0, 0.05) is 6.20 Å². The lowest BCUT2D eigenvalue weighted by atomic mass is 10.2. The van der Waals surface area contributed by atoms with Crippen LogP contribution in [0.5, 0.6) is 0 Å². The molecule has 0 aromatic carbocycles. The van der Waals surface area contributed by atoms with Crippen molar-refractivity contribution in [2.24, 2.45) is 5.73 Å². The van der Waals surface area contributed by atoms with Gasteiger partial charge in [0.2, 0.25) is 0 Å². The Kier molecular flexibility index (Phi) is 3.78. The number of hydrogen-bond donors (Lipinski definition) is 2. The Balaban J connectivity index is 2.16. The van der Waals surface area contributed by atoms with Crippen molar-refractivity contribution in [3.63, 3.8) is 0 Å². The number of nitrogens with two attached hydrogens (primary N) is 1. The number of nitrogens with one attached hydrogen (secondary N) is 1. The standard InChI is InChI=1S/C12H13N5S/c1-8-3-2-5-14-10(8)7-15-12-9(11(13)18)4-6-16-17-12/h2-6H,7H2,1H3,(H2,13,18)(H,15,17). The molecule has 0 saturated carbocycles. The van der Waals surface area contributed by atoms with Gasteiger partial charge < -0.3 is 11.1 Å². The minimum atomic E-state index is 0.296. The topological polar surface area (TPSA) is 76.7 Å². The van der Waals surface area contributed by atoms with Gasteiger partial charge in [-0.1, -0.05) is 18.3 Å². The third-order valence-corrected chi connectivity index (χ3v) is 2.75. The van der Waals surface area contributed by atoms with Gasteiger partial charge in [0.25, 0.3) is 0 Å². The molecule has 2 aromatic rings. The van der Waals surface area contributed by atoms with Gasteiger partial charge >= 0.3 is 0 Å². The molecule has 5 nitrogen and oxygen atoms in total. The number of rotatable bonds is 4. The van der Waals surface area contributed by atoms with Crippen LogP contribution in [0.15, 0.2) is 30.6 Å². The molecule has 0 aliphatic carbocycles. The van der Waals surface area contributed by atoms with Crippen molar-refractivity contribution in [1.82, 2.24) is 15.2 Å². The molecule has 0 aliphatic heterocycles. The van der Waals surface area contributed by atoms with Gasteiger partial charge in [-0.15, -0.1) is 5.10 Å². The largest absolute Gasteiger partial charge is 0.389 e. The van der Waals surface area contributed by atoms with E-state index in [0.717, 1.165) is 11.3 Å². The molecule has 2 heterocycles. The fourth-order valence-electron chi connectivity index (χ4n) is 1.53. The number of nitrogens with zero attached hydrogens (tertiary/aromatic N) is 3. The molecule has 0 atom stereocenters. The zero-order valence-electron chi connectivity index (χ0n) is 9.92. The number of anilines is 1. The van der Waals surface area contributed by atoms with E-state index in [1.165, 1.54) is 0 Å². The first-order valence-electron chi connectivity index (χ1n) is 5.44. The van der Waals surface area contributed by atoms with Crippen molar-refractivity contribution >= 4 is 23.0 Å². The highest BCUT2D eigenvalue weighted by Crippen LogP contribution is 2.12. The van der Waals surface area contributed by atoms with Gasteiger partial charge in [0.05, 0.1) is 24.0 Å². The molecule has 2 rings (SSSR count). The average Bonchev–Trinajstić information content (AvgIpc) is 2.38. The average molecular weight is 259 g/mol. The van der Waals surface area contributed by atoms with Gasteiger partial charge in [0.15, 0.2) is 5.82 Å². The zero-order valence-corrected chi connectivity index (χ0v) is 10.7. The maximum atomic E-state index is 5.62. The van der Waals surface area contributed by atoms with Gasteiger partial charge in [-0.3, -0.25) is 4.98 Å². The highest BCUT2D eigenvalue weighted by molar-refractivity contribution is 7.80. The van der Waals surface area contributed by atoms with E-state index >= 15 is 0 Å². The Hall–Kier alpha value is -2.08. The Morgan fingerprint density at radius 3 is 2.94 bits per heavy atom. The van der Waals surface area contributed by atoms with E-state index in [-0.39, 0.29) is 0 Å². The van der Waals surface area contributed by atoms with Crippen LogP contribution in [-0.4, -0.2) is 20.2 Å². The summed E-state index contributed by atoms with van der Waals surface area (Å²) in [7, 11) is 0. The van der Waals surface area contributed by atoms with E-state index in [2.05, 4.69) is 20.5 Å². The molecule has 18 heavy (non-hydrogen) atoms. The Bertz CT molecular complexity index is 570. The van der Waals surface area contributed by atoms with Crippen molar-refractivity contribution in [2.45, 2.75) is 13.5 Å². The van der Waals surface area contributed by atoms with Crippen LogP contribution in [0.1, 0.15) is 16.8 Å². The molecule has 6 heteroatoms. The minimum Gasteiger partial charge on any atom is -0.389 e. The van der Waals surface area contributed by atoms with E-state index in [9.17, 15) is 0 Å². The van der Waals surface area contributed by atoms with E-state index in [0.29, 0.717) is 22.9 Å². The lowest BCUT2D eigenvalue weighted by Gasteiger charge is -2.09. The first-order chi connectivity index (χ1) is 8.68. The molecule has 0 fully saturated rings. The van der Waals surface area contributed by atoms with Crippen LogP contribution in [0.3, 0.4) is 0 Å². The Labute approximate surface area is 110 Å². The predicted octanol–water partition coefficient (Wildman–Crippen LogP) is 1.43. The summed E-state index contributed by atoms with van der Waals surface area (Å²) in [6, 6.07) is 5.65. The summed E-state index contributed by atoms with van der Waals surface area (Å²) in [5.41, 5.74) is 8.38. The predicted molar refractivity (Wildman–Crippen MR) is 74.2 cm³/mol. The lowest BCUT2D eigenvalue weighted by Crippen LogP contribution is -2.15. The van der Waals surface area contributed by atoms with Crippen LogP contribution in [0.25, 0.3) is 0 Å². The van der Waals surface area contributed by atoms with Crippen molar-refractivity contribution in [3.8, 4) is 0 Å². The molecule has 0 radical (unpaired) electrons. The molecule has 0 spiro atoms. The summed E-state index contributed by atoms with van der Waals surface area (Å²) in [6.07, 6.45) is 3.32. The summed E-state index contributed by atoms with van der Waals surface area (Å²) in [5.74, 6) is 0.579. The van der Waals surface area contributed by atoms with Gasteiger partial charge in [-0.2, -0.15) is 5.10 Å². The highest BCUT2D eigenvalue weighted by atomic mass is 32.1. The monoisotopic (exact) mass is 259 g/mol. The smallest absolute Gasteiger partial charge is 0.159 e. The molecular weight excluding hydrogens is 246 g/mol. The maximum Gasteiger partial charge on any atom is 0.159 e. The summed E-state index contributed by atoms with van der Waals surface area (Å²) < 4.78 is 0. The van der Waals surface area contributed by atoms with Crippen molar-refractivity contribution in [3.05, 3.63) is 47.4 Å². The normalized spacial score (nSPS) is 10.1. The lowest BCUT2D eigenvalue weighted by molar-refractivity contribution is 0.964. The molecule has 0 unspecified atom stereocenters. The quantitative estimate of drug-likeness (QED) is 0.809. The molecular formula is C12H13N5S. The SMILES string of the molecule is Cc1cccnc1CNc1nnccc1C(N)=S. The molecule has 0 amide bonds. The molecule has 0 bridgehead atoms. The maximum absolute atomic E-state index is 5.62. The molecule has 0 saturated heterocycles. The molecule has 3 N–H and O–H groups in total. The zero-order chi connectivity index (χ0) is 13.0. The molecule has 2 aromatic heterocycles. The number of thiocarbonyl (C=S) groups is 1. The van der Waals surface area contributed by atoms with Crippen LogP contribution in [-0.2, 0) is 6.54 Å². The van der Waals surface area contributed by atoms with E-state index < -0.39 is 0 Å². The van der Waals surface area contributed by atoms with Gasteiger partial charge in [0.1, 0.15) is 4.99 Å². The second kappa shape index (κ2) is 5.50. The van der Waals surface area contributed by atoms with E-state index in [4.69, 9.17) is 18.0 Å². The summed E-state index contributed by atoms with van der Waals surface area (Å²) in [6.45, 7) is 2.57. The fraction of sp³-hybridized carbons (Fsp3) is 0.167. The van der Waals surface area contributed by atoms with Crippen molar-refractivity contribution in [1.29, 1.82) is 0 Å². The van der Waals surface area contributed by atoms with E-state index in [1.54, 1.807) is 18.5 Å². The van der Waals surface area contributed by atoms with Crippen molar-refractivity contribution in [2.75, 3.05) is 5.32 Å². The third-order valence-electron chi connectivity index (χ3n) is 2.53. The summed E-state index contributed by atoms with van der Waals surface area (Å²) >= 11 is 4.96. The van der Waals surface area contributed by atoms with E-state index in [1.807, 2.05) is 19.1 Å². The third kappa shape index (κ3) is 2.78.